The molecule has 3 aromatic rings. The first-order valence-electron chi connectivity index (χ1n) is 6.91. The van der Waals surface area contributed by atoms with Crippen molar-refractivity contribution in [1.29, 1.82) is 0 Å². The lowest BCUT2D eigenvalue weighted by Crippen LogP contribution is -2.03. The van der Waals surface area contributed by atoms with Crippen LogP contribution in [0.1, 0.15) is 5.82 Å². The van der Waals surface area contributed by atoms with E-state index in [4.69, 9.17) is 11.6 Å². The van der Waals surface area contributed by atoms with Gasteiger partial charge in [0.1, 0.15) is 5.69 Å². The van der Waals surface area contributed by atoms with Crippen molar-refractivity contribution in [2.45, 2.75) is 4.90 Å². The predicted octanol–water partition coefficient (Wildman–Crippen LogP) is 3.03. The normalized spacial score (nSPS) is 11.4. The fourth-order valence-corrected chi connectivity index (χ4v) is 2.98. The Morgan fingerprint density at radius 3 is 2.50 bits per heavy atom. The second-order valence-electron chi connectivity index (χ2n) is 5.02. The number of rotatable bonds is 4. The van der Waals surface area contributed by atoms with Gasteiger partial charge in [-0.25, -0.2) is 8.42 Å². The molecule has 0 radical (unpaired) electrons. The van der Waals surface area contributed by atoms with Crippen LogP contribution in [0.4, 0.5) is 0 Å². The van der Waals surface area contributed by atoms with E-state index in [1.165, 1.54) is 12.3 Å². The maximum Gasteiger partial charge on any atom is 0.187 e. The van der Waals surface area contributed by atoms with Crippen LogP contribution in [-0.2, 0) is 9.84 Å². The summed E-state index contributed by atoms with van der Waals surface area (Å²) < 4.78 is 24.8. The lowest BCUT2D eigenvalue weighted by atomic mass is 10.2. The van der Waals surface area contributed by atoms with Crippen molar-refractivity contribution in [1.82, 2.24) is 19.7 Å². The molecule has 0 aliphatic heterocycles. The van der Waals surface area contributed by atoms with Gasteiger partial charge in [-0.1, -0.05) is 30.3 Å². The molecule has 0 bridgehead atoms. The summed E-state index contributed by atoms with van der Waals surface area (Å²) in [6.07, 6.45) is 3.99. The van der Waals surface area contributed by atoms with Gasteiger partial charge < -0.3 is 0 Å². The van der Waals surface area contributed by atoms with Gasteiger partial charge >= 0.3 is 0 Å². The fraction of sp³-hybridized carbons (Fsp3) is 0.0625. The molecular formula is C16H13ClN4O2S. The van der Waals surface area contributed by atoms with Crippen LogP contribution in [0, 0.1) is 0 Å². The second-order valence-corrected chi connectivity index (χ2v) is 7.45. The predicted molar refractivity (Wildman–Crippen MR) is 92.8 cm³/mol. The molecule has 1 aromatic carbocycles. The van der Waals surface area contributed by atoms with Gasteiger partial charge in [0.05, 0.1) is 15.6 Å². The molecule has 2 aromatic heterocycles. The van der Waals surface area contributed by atoms with Gasteiger partial charge in [0.2, 0.25) is 0 Å². The second kappa shape index (κ2) is 6.18. The van der Waals surface area contributed by atoms with E-state index in [2.05, 4.69) is 21.8 Å². The number of sulfone groups is 1. The molecule has 0 atom stereocenters. The van der Waals surface area contributed by atoms with Gasteiger partial charge in [0.25, 0.3) is 0 Å². The first-order valence-corrected chi connectivity index (χ1v) is 9.18. The number of pyridine rings is 1. The SMILES string of the molecule is C=Cc1nnc(-c2ccc(S(C)(=O)=O)cn2)n1-c1ccccc1Cl. The highest BCUT2D eigenvalue weighted by molar-refractivity contribution is 7.90. The summed E-state index contributed by atoms with van der Waals surface area (Å²) in [7, 11) is -3.31. The molecule has 0 aliphatic rings. The molecule has 0 fully saturated rings. The maximum atomic E-state index is 11.6. The molecule has 2 heterocycles. The molecule has 8 heteroatoms. The fourth-order valence-electron chi connectivity index (χ4n) is 2.20. The molecule has 0 saturated heterocycles. The van der Waals surface area contributed by atoms with Crippen molar-refractivity contribution in [3.05, 3.63) is 60.0 Å². The Balaban J connectivity index is 2.18. The van der Waals surface area contributed by atoms with E-state index >= 15 is 0 Å². The van der Waals surface area contributed by atoms with Crippen molar-refractivity contribution < 1.29 is 8.42 Å². The zero-order valence-corrected chi connectivity index (χ0v) is 14.3. The minimum atomic E-state index is -3.31. The van der Waals surface area contributed by atoms with E-state index in [-0.39, 0.29) is 4.90 Å². The first kappa shape index (κ1) is 16.4. The molecule has 122 valence electrons. The van der Waals surface area contributed by atoms with E-state index in [1.807, 2.05) is 18.2 Å². The molecule has 0 spiro atoms. The van der Waals surface area contributed by atoms with Crippen LogP contribution in [0.25, 0.3) is 23.3 Å². The Kier molecular flexibility index (Phi) is 4.21. The Bertz CT molecular complexity index is 1010. The third-order valence-electron chi connectivity index (χ3n) is 3.36. The van der Waals surface area contributed by atoms with Crippen LogP contribution in [0.2, 0.25) is 5.02 Å². The van der Waals surface area contributed by atoms with Gasteiger partial charge in [-0.15, -0.1) is 10.2 Å². The van der Waals surface area contributed by atoms with Gasteiger partial charge in [0, 0.05) is 12.5 Å². The van der Waals surface area contributed by atoms with Crippen LogP contribution in [0.15, 0.2) is 54.1 Å². The summed E-state index contributed by atoms with van der Waals surface area (Å²) >= 11 is 6.28. The Labute approximate surface area is 144 Å². The van der Waals surface area contributed by atoms with Crippen molar-refractivity contribution >= 4 is 27.5 Å². The highest BCUT2D eigenvalue weighted by Gasteiger charge is 2.17. The highest BCUT2D eigenvalue weighted by Crippen LogP contribution is 2.27. The molecule has 3 rings (SSSR count). The maximum absolute atomic E-state index is 11.6. The quantitative estimate of drug-likeness (QED) is 0.714. The summed E-state index contributed by atoms with van der Waals surface area (Å²) in [5.74, 6) is 0.949. The van der Waals surface area contributed by atoms with E-state index in [0.717, 1.165) is 6.26 Å². The molecule has 0 amide bonds. The smallest absolute Gasteiger partial charge is 0.187 e. The molecular weight excluding hydrogens is 348 g/mol. The zero-order chi connectivity index (χ0) is 17.3. The third kappa shape index (κ3) is 2.95. The number of halogens is 1. The van der Waals surface area contributed by atoms with Gasteiger partial charge in [-0.2, -0.15) is 0 Å². The van der Waals surface area contributed by atoms with E-state index in [0.29, 0.717) is 28.1 Å². The molecule has 6 nitrogen and oxygen atoms in total. The summed E-state index contributed by atoms with van der Waals surface area (Å²) in [6, 6.07) is 10.3. The molecule has 24 heavy (non-hydrogen) atoms. The monoisotopic (exact) mass is 360 g/mol. The standard InChI is InChI=1S/C16H13ClN4O2S/c1-3-15-19-20-16(21(15)14-7-5-4-6-12(14)17)13-9-8-11(10-18-13)24(2,22)23/h3-10H,1H2,2H3. The summed E-state index contributed by atoms with van der Waals surface area (Å²) in [4.78, 5) is 4.34. The zero-order valence-electron chi connectivity index (χ0n) is 12.7. The van der Waals surface area contributed by atoms with Crippen molar-refractivity contribution in [3.63, 3.8) is 0 Å². The number of hydrogen-bond acceptors (Lipinski definition) is 5. The number of nitrogens with zero attached hydrogens (tertiary/aromatic N) is 4. The van der Waals surface area contributed by atoms with Crippen LogP contribution >= 0.6 is 11.6 Å². The molecule has 0 unspecified atom stereocenters. The van der Waals surface area contributed by atoms with E-state index in [1.54, 1.807) is 22.8 Å². The van der Waals surface area contributed by atoms with Crippen molar-refractivity contribution in [3.8, 4) is 17.2 Å². The largest absolute Gasteiger partial charge is 0.273 e. The third-order valence-corrected chi connectivity index (χ3v) is 4.78. The van der Waals surface area contributed by atoms with E-state index < -0.39 is 9.84 Å². The number of para-hydroxylation sites is 1. The average Bonchev–Trinajstić information content (AvgIpc) is 2.98. The highest BCUT2D eigenvalue weighted by atomic mass is 35.5. The Morgan fingerprint density at radius 2 is 1.92 bits per heavy atom. The molecule has 0 aliphatic carbocycles. The molecule has 0 saturated carbocycles. The number of hydrogen-bond donors (Lipinski definition) is 0. The van der Waals surface area contributed by atoms with Crippen LogP contribution < -0.4 is 0 Å². The summed E-state index contributed by atoms with van der Waals surface area (Å²) in [6.45, 7) is 3.73. The minimum Gasteiger partial charge on any atom is -0.273 e. The lowest BCUT2D eigenvalue weighted by molar-refractivity contribution is 0.601. The minimum absolute atomic E-state index is 0.138. The summed E-state index contributed by atoms with van der Waals surface area (Å²) in [5, 5.41) is 8.74. The Hall–Kier alpha value is -2.51. The van der Waals surface area contributed by atoms with Crippen LogP contribution in [0.5, 0.6) is 0 Å². The van der Waals surface area contributed by atoms with Crippen molar-refractivity contribution in [2.24, 2.45) is 0 Å². The number of aromatic nitrogens is 4. The molecule has 0 N–H and O–H groups in total. The number of benzene rings is 1. The topological polar surface area (TPSA) is 77.7 Å². The lowest BCUT2D eigenvalue weighted by Gasteiger charge is -2.10. The average molecular weight is 361 g/mol. The first-order chi connectivity index (χ1) is 11.4. The van der Waals surface area contributed by atoms with Gasteiger partial charge in [-0.05, 0) is 30.3 Å². The van der Waals surface area contributed by atoms with Gasteiger partial charge in [0.15, 0.2) is 21.5 Å². The van der Waals surface area contributed by atoms with E-state index in [9.17, 15) is 8.42 Å². The van der Waals surface area contributed by atoms with Crippen molar-refractivity contribution in [2.75, 3.05) is 6.26 Å². The van der Waals surface area contributed by atoms with Crippen LogP contribution in [0.3, 0.4) is 0 Å². The van der Waals surface area contributed by atoms with Crippen LogP contribution in [-0.4, -0.2) is 34.4 Å². The van der Waals surface area contributed by atoms with Gasteiger partial charge in [-0.3, -0.25) is 9.55 Å². The summed E-state index contributed by atoms with van der Waals surface area (Å²) in [5.41, 5.74) is 1.16. The Morgan fingerprint density at radius 1 is 1.17 bits per heavy atom.